The molecule has 0 aliphatic rings. The first-order valence-electron chi connectivity index (χ1n) is 8.08. The van der Waals surface area contributed by atoms with Crippen LogP contribution in [-0.4, -0.2) is 28.3 Å². The number of hydrogen-bond donors (Lipinski definition) is 2. The molecular weight excluding hydrogens is 298 g/mol. The molecule has 2 unspecified atom stereocenters. The highest BCUT2D eigenvalue weighted by Crippen LogP contribution is 2.26. The zero-order valence-electron chi connectivity index (χ0n) is 13.5. The summed E-state index contributed by atoms with van der Waals surface area (Å²) in [7, 11) is 0. The first kappa shape index (κ1) is 19.5. The van der Waals surface area contributed by atoms with E-state index >= 15 is 0 Å². The highest BCUT2D eigenvalue weighted by atomic mass is 19.3. The van der Waals surface area contributed by atoms with E-state index in [1.54, 1.807) is 0 Å². The number of hydrogen-bond acceptors (Lipinski definition) is 2. The Morgan fingerprint density at radius 2 is 1.74 bits per heavy atom. The van der Waals surface area contributed by atoms with Gasteiger partial charge in [-0.2, -0.15) is 0 Å². The van der Waals surface area contributed by atoms with Gasteiger partial charge in [0.25, 0.3) is 5.92 Å². The minimum Gasteiger partial charge on any atom is -0.389 e. The molecule has 0 aliphatic carbocycles. The van der Waals surface area contributed by atoms with Gasteiger partial charge in [-0.05, 0) is 24.8 Å². The van der Waals surface area contributed by atoms with Crippen molar-refractivity contribution in [1.82, 2.24) is 0 Å². The van der Waals surface area contributed by atoms with E-state index in [9.17, 15) is 19.0 Å². The topological polar surface area (TPSA) is 40.5 Å². The van der Waals surface area contributed by atoms with Crippen LogP contribution in [-0.2, 0) is 6.42 Å². The predicted octanol–water partition coefficient (Wildman–Crippen LogP) is 4.28. The van der Waals surface area contributed by atoms with Crippen LogP contribution in [0.1, 0.15) is 38.2 Å². The number of aryl methyl sites for hydroxylation is 1. The maximum Gasteiger partial charge on any atom is 0.277 e. The first-order valence-corrected chi connectivity index (χ1v) is 8.08. The molecule has 0 fully saturated rings. The molecule has 1 rings (SSSR count). The van der Waals surface area contributed by atoms with E-state index in [1.807, 2.05) is 37.3 Å². The van der Waals surface area contributed by atoms with Crippen LogP contribution >= 0.6 is 0 Å². The summed E-state index contributed by atoms with van der Waals surface area (Å²) >= 11 is 0. The molecule has 0 saturated heterocycles. The average molecular weight is 324 g/mol. The maximum absolute atomic E-state index is 13.5. The van der Waals surface area contributed by atoms with Crippen LogP contribution in [0.15, 0.2) is 54.6 Å². The lowest BCUT2D eigenvalue weighted by atomic mass is 10.1. The molecule has 0 radical (unpaired) electrons. The molecule has 2 atom stereocenters. The van der Waals surface area contributed by atoms with Gasteiger partial charge in [0.2, 0.25) is 0 Å². The summed E-state index contributed by atoms with van der Waals surface area (Å²) in [6, 6.07) is 9.81. The number of unbranched alkanes of at least 4 members (excludes halogenated alkanes) is 1. The van der Waals surface area contributed by atoms with Crippen molar-refractivity contribution < 1.29 is 19.0 Å². The number of aliphatic hydroxyl groups is 2. The second-order valence-corrected chi connectivity index (χ2v) is 5.67. The molecule has 4 heteroatoms. The first-order chi connectivity index (χ1) is 11.0. The molecule has 2 nitrogen and oxygen atoms in total. The molecule has 0 bridgehead atoms. The summed E-state index contributed by atoms with van der Waals surface area (Å²) in [6.45, 7) is 1.83. The summed E-state index contributed by atoms with van der Waals surface area (Å²) < 4.78 is 27.0. The summed E-state index contributed by atoms with van der Waals surface area (Å²) in [5.41, 5.74) is 1.14. The minimum absolute atomic E-state index is 0.321. The largest absolute Gasteiger partial charge is 0.389 e. The van der Waals surface area contributed by atoms with Gasteiger partial charge in [-0.15, -0.1) is 0 Å². The standard InChI is InChI=1S/C19H26F2O2/c1-2-3-15-19(20,21)18(23)12-8-7-11-17(22)14-13-16-9-5-4-6-10-16/h4-12,17-18,22-23H,2-3,13-15H2,1H3/b11-7?,12-8+. The summed E-state index contributed by atoms with van der Waals surface area (Å²) in [5.74, 6) is -3.10. The lowest BCUT2D eigenvalue weighted by Gasteiger charge is -2.19. The SMILES string of the molecule is CCCCC(F)(F)C(O)/C=C/C=CC(O)CCc1ccccc1. The molecular formula is C19H26F2O2. The fourth-order valence-corrected chi connectivity index (χ4v) is 2.12. The molecule has 128 valence electrons. The van der Waals surface area contributed by atoms with Crippen molar-refractivity contribution in [2.45, 2.75) is 57.2 Å². The monoisotopic (exact) mass is 324 g/mol. The highest BCUT2D eigenvalue weighted by molar-refractivity contribution is 5.15. The van der Waals surface area contributed by atoms with E-state index in [2.05, 4.69) is 0 Å². The minimum atomic E-state index is -3.10. The van der Waals surface area contributed by atoms with Crippen LogP contribution in [0.4, 0.5) is 8.78 Å². The average Bonchev–Trinajstić information content (AvgIpc) is 2.55. The second kappa shape index (κ2) is 10.3. The molecule has 0 spiro atoms. The molecule has 23 heavy (non-hydrogen) atoms. The van der Waals surface area contributed by atoms with Crippen LogP contribution in [0, 0.1) is 0 Å². The fraction of sp³-hybridized carbons (Fsp3) is 0.474. The molecule has 1 aromatic carbocycles. The van der Waals surface area contributed by atoms with Crippen LogP contribution in [0.25, 0.3) is 0 Å². The van der Waals surface area contributed by atoms with Crippen LogP contribution < -0.4 is 0 Å². The van der Waals surface area contributed by atoms with E-state index in [-0.39, 0.29) is 6.42 Å². The van der Waals surface area contributed by atoms with Crippen LogP contribution in [0.5, 0.6) is 0 Å². The summed E-state index contributed by atoms with van der Waals surface area (Å²) in [5, 5.41) is 19.3. The lowest BCUT2D eigenvalue weighted by Crippen LogP contribution is -2.31. The molecule has 0 amide bonds. The van der Waals surface area contributed by atoms with Crippen LogP contribution in [0.3, 0.4) is 0 Å². The van der Waals surface area contributed by atoms with Gasteiger partial charge in [0.1, 0.15) is 6.10 Å². The number of allylic oxidation sites excluding steroid dienone is 2. The van der Waals surface area contributed by atoms with Gasteiger partial charge in [0.15, 0.2) is 0 Å². The molecule has 0 aromatic heterocycles. The van der Waals surface area contributed by atoms with Crippen molar-refractivity contribution in [3.8, 4) is 0 Å². The van der Waals surface area contributed by atoms with Crippen molar-refractivity contribution in [1.29, 1.82) is 0 Å². The summed E-state index contributed by atoms with van der Waals surface area (Å²) in [4.78, 5) is 0. The van der Waals surface area contributed by atoms with Crippen molar-refractivity contribution in [3.05, 3.63) is 60.2 Å². The van der Waals surface area contributed by atoms with Crippen LogP contribution in [0.2, 0.25) is 0 Å². The Balaban J connectivity index is 2.36. The molecule has 2 N–H and O–H groups in total. The van der Waals surface area contributed by atoms with Crippen molar-refractivity contribution in [2.24, 2.45) is 0 Å². The van der Waals surface area contributed by atoms with E-state index in [0.29, 0.717) is 19.3 Å². The van der Waals surface area contributed by atoms with Gasteiger partial charge in [0.05, 0.1) is 6.10 Å². The summed E-state index contributed by atoms with van der Waals surface area (Å²) in [6.07, 6.45) is 5.05. The number of halogens is 2. The Kier molecular flexibility index (Phi) is 8.74. The molecule has 0 heterocycles. The van der Waals surface area contributed by atoms with E-state index in [4.69, 9.17) is 0 Å². The smallest absolute Gasteiger partial charge is 0.277 e. The van der Waals surface area contributed by atoms with Gasteiger partial charge >= 0.3 is 0 Å². The van der Waals surface area contributed by atoms with E-state index in [0.717, 1.165) is 18.1 Å². The third-order valence-electron chi connectivity index (χ3n) is 3.61. The molecule has 0 aliphatic heterocycles. The van der Waals surface area contributed by atoms with Crippen molar-refractivity contribution in [2.75, 3.05) is 0 Å². The molecule has 0 saturated carbocycles. The quantitative estimate of drug-likeness (QED) is 0.631. The van der Waals surface area contributed by atoms with Gasteiger partial charge in [0, 0.05) is 6.42 Å². The maximum atomic E-state index is 13.5. The van der Waals surface area contributed by atoms with Gasteiger partial charge in [-0.25, -0.2) is 8.78 Å². The zero-order chi connectivity index (χ0) is 17.1. The Labute approximate surface area is 137 Å². The van der Waals surface area contributed by atoms with E-state index < -0.39 is 18.1 Å². The Bertz CT molecular complexity index is 483. The third-order valence-corrected chi connectivity index (χ3v) is 3.61. The van der Waals surface area contributed by atoms with Gasteiger partial charge in [-0.3, -0.25) is 0 Å². The third kappa shape index (κ3) is 8.05. The number of alkyl halides is 2. The lowest BCUT2D eigenvalue weighted by molar-refractivity contribution is -0.0928. The van der Waals surface area contributed by atoms with Gasteiger partial charge in [-0.1, -0.05) is 68.0 Å². The number of benzene rings is 1. The molecule has 1 aromatic rings. The van der Waals surface area contributed by atoms with Crippen molar-refractivity contribution in [3.63, 3.8) is 0 Å². The normalized spacial score (nSPS) is 15.3. The number of aliphatic hydroxyl groups excluding tert-OH is 2. The second-order valence-electron chi connectivity index (χ2n) is 5.67. The Morgan fingerprint density at radius 1 is 1.09 bits per heavy atom. The zero-order valence-corrected chi connectivity index (χ0v) is 13.5. The van der Waals surface area contributed by atoms with Crippen molar-refractivity contribution >= 4 is 0 Å². The van der Waals surface area contributed by atoms with Gasteiger partial charge < -0.3 is 10.2 Å². The Morgan fingerprint density at radius 3 is 2.39 bits per heavy atom. The van der Waals surface area contributed by atoms with E-state index in [1.165, 1.54) is 18.2 Å². The number of rotatable bonds is 10. The highest BCUT2D eigenvalue weighted by Gasteiger charge is 2.35. The fourth-order valence-electron chi connectivity index (χ4n) is 2.12. The predicted molar refractivity (Wildman–Crippen MR) is 89.5 cm³/mol. The Hall–Kier alpha value is -1.52.